The van der Waals surface area contributed by atoms with E-state index >= 15 is 0 Å². The van der Waals surface area contributed by atoms with Gasteiger partial charge < -0.3 is 14.2 Å². The fourth-order valence-corrected chi connectivity index (χ4v) is 3.40. The summed E-state index contributed by atoms with van der Waals surface area (Å²) in [5.74, 6) is 4.18. The van der Waals surface area contributed by atoms with Crippen LogP contribution in [0.25, 0.3) is 0 Å². The van der Waals surface area contributed by atoms with Crippen LogP contribution in [0.3, 0.4) is 0 Å². The van der Waals surface area contributed by atoms with E-state index in [0.29, 0.717) is 11.6 Å². The average Bonchev–Trinajstić information content (AvgIpc) is 3.42. The van der Waals surface area contributed by atoms with Gasteiger partial charge in [0.25, 0.3) is 5.92 Å². The summed E-state index contributed by atoms with van der Waals surface area (Å²) < 4.78 is 43.7. The fraction of sp³-hybridized carbons (Fsp3) is 0.545. The first kappa shape index (κ1) is 20.9. The van der Waals surface area contributed by atoms with E-state index in [4.69, 9.17) is 14.2 Å². The number of aryl methyl sites for hydroxylation is 2. The molecule has 1 aromatic carbocycles. The Morgan fingerprint density at radius 1 is 1.23 bits per heavy atom. The molecule has 1 aliphatic heterocycles. The average molecular weight is 417 g/mol. The van der Waals surface area contributed by atoms with Gasteiger partial charge in [-0.1, -0.05) is 23.1 Å². The molecule has 2 aromatic rings. The summed E-state index contributed by atoms with van der Waals surface area (Å²) in [4.78, 5) is 0. The summed E-state index contributed by atoms with van der Waals surface area (Å²) in [5.41, 5.74) is 4.78. The molecule has 0 N–H and O–H groups in total. The number of benzene rings is 1. The van der Waals surface area contributed by atoms with E-state index in [9.17, 15) is 8.78 Å². The van der Waals surface area contributed by atoms with Gasteiger partial charge in [0.1, 0.15) is 25.0 Å². The summed E-state index contributed by atoms with van der Waals surface area (Å²) >= 11 is 0. The van der Waals surface area contributed by atoms with Crippen molar-refractivity contribution < 1.29 is 23.0 Å². The normalized spacial score (nSPS) is 19.9. The highest BCUT2D eigenvalue weighted by atomic mass is 19.3. The van der Waals surface area contributed by atoms with E-state index in [-0.39, 0.29) is 6.54 Å². The number of aromatic nitrogens is 3. The topological polar surface area (TPSA) is 58.4 Å². The molecule has 6 nitrogen and oxygen atoms in total. The second-order valence-electron chi connectivity index (χ2n) is 7.96. The monoisotopic (exact) mass is 417 g/mol. The lowest BCUT2D eigenvalue weighted by atomic mass is 9.95. The van der Waals surface area contributed by atoms with Crippen LogP contribution in [0.2, 0.25) is 0 Å². The molecule has 1 aromatic heterocycles. The lowest BCUT2D eigenvalue weighted by Gasteiger charge is -2.28. The Labute approximate surface area is 174 Å². The summed E-state index contributed by atoms with van der Waals surface area (Å²) in [5, 5.41) is 8.32. The van der Waals surface area contributed by atoms with Gasteiger partial charge in [0.05, 0.1) is 12.7 Å². The molecule has 8 heteroatoms. The van der Waals surface area contributed by atoms with Crippen molar-refractivity contribution in [3.8, 4) is 11.8 Å². The van der Waals surface area contributed by atoms with Crippen LogP contribution in [0.4, 0.5) is 8.78 Å². The lowest BCUT2D eigenvalue weighted by Crippen LogP contribution is -2.42. The van der Waals surface area contributed by atoms with Crippen molar-refractivity contribution >= 4 is 0 Å². The largest absolute Gasteiger partial charge is 0.370 e. The van der Waals surface area contributed by atoms with Crippen molar-refractivity contribution in [1.29, 1.82) is 0 Å². The molecule has 1 atom stereocenters. The molecule has 1 saturated heterocycles. The third-order valence-electron chi connectivity index (χ3n) is 5.24. The van der Waals surface area contributed by atoms with Crippen LogP contribution in [0.1, 0.15) is 46.9 Å². The van der Waals surface area contributed by atoms with Crippen LogP contribution in [0.5, 0.6) is 0 Å². The first-order chi connectivity index (χ1) is 14.3. The van der Waals surface area contributed by atoms with Gasteiger partial charge in [-0.25, -0.2) is 13.5 Å². The third-order valence-corrected chi connectivity index (χ3v) is 5.24. The molecule has 0 bridgehead atoms. The fourth-order valence-electron chi connectivity index (χ4n) is 3.40. The zero-order valence-electron chi connectivity index (χ0n) is 17.3. The standard InChI is InChI=1S/C22H25F2N3O3/c1-14-8-15(2)18(9-17(14)7-6-16-4-5-16)21(28-3)19-10-27(26-25-19)11-20-29-12-22(23,24)13-30-20/h8-10,16,20-21H,4-5,11-13H2,1-3H3. The Kier molecular flexibility index (Phi) is 5.87. The molecule has 30 heavy (non-hydrogen) atoms. The smallest absolute Gasteiger partial charge is 0.293 e. The van der Waals surface area contributed by atoms with E-state index in [1.165, 1.54) is 17.5 Å². The quantitative estimate of drug-likeness (QED) is 0.698. The molecule has 0 spiro atoms. The Hall–Kier alpha value is -2.34. The Morgan fingerprint density at radius 3 is 2.63 bits per heavy atom. The molecule has 2 heterocycles. The number of alkyl halides is 2. The number of rotatable bonds is 5. The van der Waals surface area contributed by atoms with Gasteiger partial charge in [0, 0.05) is 18.6 Å². The number of hydrogen-bond acceptors (Lipinski definition) is 5. The maximum absolute atomic E-state index is 13.2. The molecule has 2 fully saturated rings. The highest BCUT2D eigenvalue weighted by Gasteiger charge is 2.37. The minimum atomic E-state index is -2.95. The van der Waals surface area contributed by atoms with Gasteiger partial charge in [-0.2, -0.15) is 0 Å². The van der Waals surface area contributed by atoms with E-state index in [0.717, 1.165) is 22.3 Å². The van der Waals surface area contributed by atoms with Gasteiger partial charge in [-0.05, 0) is 49.4 Å². The maximum atomic E-state index is 13.2. The van der Waals surface area contributed by atoms with Gasteiger partial charge in [-0.3, -0.25) is 0 Å². The van der Waals surface area contributed by atoms with E-state index < -0.39 is 31.5 Å². The minimum absolute atomic E-state index is 0.171. The van der Waals surface area contributed by atoms with Gasteiger partial charge in [-0.15, -0.1) is 5.10 Å². The first-order valence-electron chi connectivity index (χ1n) is 10.0. The molecule has 1 unspecified atom stereocenters. The molecular weight excluding hydrogens is 392 g/mol. The van der Waals surface area contributed by atoms with Crippen molar-refractivity contribution in [3.05, 3.63) is 46.3 Å². The second kappa shape index (κ2) is 8.42. The second-order valence-corrected chi connectivity index (χ2v) is 7.96. The van der Waals surface area contributed by atoms with Crippen molar-refractivity contribution in [2.75, 3.05) is 20.3 Å². The zero-order valence-corrected chi connectivity index (χ0v) is 17.3. The van der Waals surface area contributed by atoms with Crippen LogP contribution in [-0.2, 0) is 20.8 Å². The van der Waals surface area contributed by atoms with Crippen molar-refractivity contribution in [1.82, 2.24) is 15.0 Å². The Bertz CT molecular complexity index is 966. The number of nitrogens with zero attached hydrogens (tertiary/aromatic N) is 3. The van der Waals surface area contributed by atoms with E-state index in [1.54, 1.807) is 13.3 Å². The molecule has 4 rings (SSSR count). The maximum Gasteiger partial charge on any atom is 0.293 e. The van der Waals surface area contributed by atoms with Crippen LogP contribution in [0.15, 0.2) is 18.3 Å². The van der Waals surface area contributed by atoms with Crippen molar-refractivity contribution in [2.24, 2.45) is 5.92 Å². The molecule has 160 valence electrons. The predicted octanol–water partition coefficient (Wildman–Crippen LogP) is 3.40. The first-order valence-corrected chi connectivity index (χ1v) is 10.0. The summed E-state index contributed by atoms with van der Waals surface area (Å²) in [6, 6.07) is 4.16. The summed E-state index contributed by atoms with van der Waals surface area (Å²) in [6.07, 6.45) is 2.88. The number of methoxy groups -OCH3 is 1. The molecule has 1 saturated carbocycles. The molecule has 0 radical (unpaired) electrons. The van der Waals surface area contributed by atoms with Crippen LogP contribution in [-0.4, -0.2) is 47.5 Å². The summed E-state index contributed by atoms with van der Waals surface area (Å²) in [6.45, 7) is 2.94. The number of ether oxygens (including phenoxy) is 3. The van der Waals surface area contributed by atoms with Crippen LogP contribution in [0, 0.1) is 31.6 Å². The Morgan fingerprint density at radius 2 is 1.97 bits per heavy atom. The zero-order chi connectivity index (χ0) is 21.3. The van der Waals surface area contributed by atoms with Crippen molar-refractivity contribution in [2.45, 2.75) is 51.6 Å². The van der Waals surface area contributed by atoms with Gasteiger partial charge in [0.2, 0.25) is 0 Å². The molecule has 2 aliphatic rings. The predicted molar refractivity (Wildman–Crippen MR) is 105 cm³/mol. The molecular formula is C22H25F2N3O3. The SMILES string of the molecule is COC(c1cn(CC2OCC(F)(F)CO2)nn1)c1cc(C#CC2CC2)c(C)cc1C. The molecule has 0 amide bonds. The highest BCUT2D eigenvalue weighted by Crippen LogP contribution is 2.30. The number of hydrogen-bond donors (Lipinski definition) is 0. The lowest BCUT2D eigenvalue weighted by molar-refractivity contribution is -0.271. The van der Waals surface area contributed by atoms with Gasteiger partial charge >= 0.3 is 0 Å². The van der Waals surface area contributed by atoms with Crippen LogP contribution >= 0.6 is 0 Å². The molecule has 1 aliphatic carbocycles. The highest BCUT2D eigenvalue weighted by molar-refractivity contribution is 5.48. The Balaban J connectivity index is 1.52. The van der Waals surface area contributed by atoms with Crippen LogP contribution < -0.4 is 0 Å². The van der Waals surface area contributed by atoms with E-state index in [2.05, 4.69) is 41.2 Å². The number of halogens is 2. The minimum Gasteiger partial charge on any atom is -0.370 e. The van der Waals surface area contributed by atoms with Gasteiger partial charge in [0.15, 0.2) is 6.29 Å². The summed E-state index contributed by atoms with van der Waals surface area (Å²) in [7, 11) is 1.62. The third kappa shape index (κ3) is 4.86. The van der Waals surface area contributed by atoms with E-state index in [1.807, 2.05) is 6.92 Å². The van der Waals surface area contributed by atoms with Crippen molar-refractivity contribution in [3.63, 3.8) is 0 Å².